The first-order valence-electron chi connectivity index (χ1n) is 7.48. The van der Waals surface area contributed by atoms with Crippen molar-refractivity contribution in [2.45, 2.75) is 27.7 Å². The van der Waals surface area contributed by atoms with E-state index in [9.17, 15) is 0 Å². The van der Waals surface area contributed by atoms with Crippen LogP contribution in [0, 0.1) is 12.2 Å². The van der Waals surface area contributed by atoms with Gasteiger partial charge in [-0.25, -0.2) is 12.2 Å². The summed E-state index contributed by atoms with van der Waals surface area (Å²) in [5.74, 6) is 2.17. The summed E-state index contributed by atoms with van der Waals surface area (Å²) in [6.45, 7) is 8.41. The fourth-order valence-electron chi connectivity index (χ4n) is 2.19. The maximum atomic E-state index is 3.53. The number of thioether (sulfide) groups is 2. The molecule has 0 amide bonds. The smallest absolute Gasteiger partial charge is 1.00 e. The van der Waals surface area contributed by atoms with Crippen LogP contribution in [0.4, 0.5) is 0 Å². The molecule has 0 aromatic rings. The molecule has 26 heavy (non-hydrogen) atoms. The molecule has 0 atom stereocenters. The first-order valence-corrected chi connectivity index (χ1v) is 12.3. The Morgan fingerprint density at radius 2 is 1.19 bits per heavy atom. The minimum Gasteiger partial charge on any atom is -1.00 e. The number of hydrogen-bond acceptors (Lipinski definition) is 2. The summed E-state index contributed by atoms with van der Waals surface area (Å²) in [4.78, 5) is 2.62. The van der Waals surface area contributed by atoms with Crippen LogP contribution < -0.4 is 24.8 Å². The predicted molar refractivity (Wildman–Crippen MR) is 114 cm³/mol. The fourth-order valence-corrected chi connectivity index (χ4v) is 5.76. The second kappa shape index (κ2) is 12.9. The Hall–Kier alpha value is 1.43. The zero-order valence-electron chi connectivity index (χ0n) is 14.9. The van der Waals surface area contributed by atoms with Crippen LogP contribution in [0.25, 0.3) is 0 Å². The van der Waals surface area contributed by atoms with Crippen LogP contribution >= 0.6 is 55.4 Å². The average Bonchev–Trinajstić information content (AvgIpc) is 3.18. The Kier molecular flexibility index (Phi) is 13.6. The molecule has 0 radical (unpaired) electrons. The van der Waals surface area contributed by atoms with Gasteiger partial charge in [0.1, 0.15) is 0 Å². The van der Waals surface area contributed by atoms with E-state index in [1.807, 2.05) is 23.5 Å². The van der Waals surface area contributed by atoms with Crippen LogP contribution in [-0.2, 0) is 24.2 Å². The predicted octanol–water partition coefficient (Wildman–Crippen LogP) is 0.812. The second-order valence-corrected chi connectivity index (χ2v) is 12.1. The van der Waals surface area contributed by atoms with Crippen molar-refractivity contribution in [3.05, 3.63) is 65.4 Å². The van der Waals surface area contributed by atoms with E-state index in [4.69, 9.17) is 0 Å². The molecule has 2 heterocycles. The normalized spacial score (nSPS) is 18.8. The summed E-state index contributed by atoms with van der Waals surface area (Å²) in [5.41, 5.74) is 5.19. The van der Waals surface area contributed by atoms with E-state index in [-0.39, 0.29) is 24.8 Å². The SMILES string of the molecule is CC1=CC2=C(Br)CSC2=[C-]1.CC1=CC2=C(Br)CSC2=[C-]1.C[C](C)=[Zr+2].[Cl-].[Cl-]. The molecule has 0 aromatic heterocycles. The molecule has 140 valence electrons. The molecule has 0 aromatic carbocycles. The summed E-state index contributed by atoms with van der Waals surface area (Å²) in [7, 11) is 0. The molecule has 0 spiro atoms. The minimum atomic E-state index is 0. The van der Waals surface area contributed by atoms with Gasteiger partial charge in [0.05, 0.1) is 0 Å². The van der Waals surface area contributed by atoms with Crippen LogP contribution in [0.15, 0.2) is 53.2 Å². The molecule has 2 aliphatic heterocycles. The Morgan fingerprint density at radius 3 is 1.46 bits per heavy atom. The summed E-state index contributed by atoms with van der Waals surface area (Å²) in [6, 6.07) is 0. The first kappa shape index (κ1) is 27.4. The number of fused-ring (bicyclic) bond motifs is 2. The third kappa shape index (κ3) is 8.05. The Morgan fingerprint density at radius 1 is 0.885 bits per heavy atom. The molecule has 0 nitrogen and oxygen atoms in total. The van der Waals surface area contributed by atoms with E-state index in [1.54, 1.807) is 24.2 Å². The van der Waals surface area contributed by atoms with Crippen molar-refractivity contribution < 1.29 is 49.0 Å². The third-order valence-corrected chi connectivity index (χ3v) is 7.35. The van der Waals surface area contributed by atoms with Gasteiger partial charge in [0, 0.05) is 11.5 Å². The molecule has 4 aliphatic rings. The molecular formula is C19H18Br2Cl2S2Zr-2. The summed E-state index contributed by atoms with van der Waals surface area (Å²) in [5, 5.41) is 0. The van der Waals surface area contributed by atoms with Crippen molar-refractivity contribution in [2.24, 2.45) is 0 Å². The van der Waals surface area contributed by atoms with Gasteiger partial charge in [-0.15, -0.1) is 33.3 Å². The molecular weight excluding hydrogens is 614 g/mol. The first-order chi connectivity index (χ1) is 11.3. The Labute approximate surface area is 210 Å². The zero-order valence-corrected chi connectivity index (χ0v) is 23.7. The van der Waals surface area contributed by atoms with E-state index >= 15 is 0 Å². The third-order valence-electron chi connectivity index (χ3n) is 3.10. The van der Waals surface area contributed by atoms with Gasteiger partial charge in [0.25, 0.3) is 0 Å². The largest absolute Gasteiger partial charge is 1.00 e. The summed E-state index contributed by atoms with van der Waals surface area (Å²) >= 11 is 12.3. The van der Waals surface area contributed by atoms with Crippen molar-refractivity contribution in [3.63, 3.8) is 0 Å². The number of allylic oxidation sites excluding steroid dienone is 8. The van der Waals surface area contributed by atoms with Gasteiger partial charge in [0.2, 0.25) is 0 Å². The van der Waals surface area contributed by atoms with Gasteiger partial charge in [-0.05, 0) is 0 Å². The molecule has 0 fully saturated rings. The van der Waals surface area contributed by atoms with Gasteiger partial charge >= 0.3 is 41.3 Å². The summed E-state index contributed by atoms with van der Waals surface area (Å²) in [6.07, 6.45) is 11.0. The minimum absolute atomic E-state index is 0. The van der Waals surface area contributed by atoms with Crippen LogP contribution in [0.3, 0.4) is 0 Å². The maximum Gasteiger partial charge on any atom is -1.00 e. The molecule has 0 bridgehead atoms. The molecule has 0 unspecified atom stereocenters. The van der Waals surface area contributed by atoms with Crippen LogP contribution in [0.2, 0.25) is 0 Å². The average molecular weight is 632 g/mol. The molecule has 0 saturated carbocycles. The summed E-state index contributed by atoms with van der Waals surface area (Å²) < 4.78 is 4.14. The van der Waals surface area contributed by atoms with Gasteiger partial charge < -0.3 is 24.8 Å². The molecule has 0 saturated heterocycles. The van der Waals surface area contributed by atoms with Crippen LogP contribution in [-0.4, -0.2) is 14.7 Å². The second-order valence-electron chi connectivity index (χ2n) is 5.78. The quantitative estimate of drug-likeness (QED) is 0.363. The Balaban J connectivity index is 0.000000378. The number of halogens is 4. The van der Waals surface area contributed by atoms with E-state index < -0.39 is 0 Å². The van der Waals surface area contributed by atoms with Crippen molar-refractivity contribution in [3.8, 4) is 0 Å². The molecule has 4 rings (SSSR count). The fraction of sp³-hybridized carbons (Fsp3) is 0.316. The van der Waals surface area contributed by atoms with E-state index in [0.29, 0.717) is 0 Å². The van der Waals surface area contributed by atoms with Gasteiger partial charge in [0.15, 0.2) is 0 Å². The van der Waals surface area contributed by atoms with Crippen LogP contribution in [0.1, 0.15) is 27.7 Å². The molecule has 7 heteroatoms. The van der Waals surface area contributed by atoms with Crippen molar-refractivity contribution >= 4 is 58.6 Å². The molecule has 2 aliphatic carbocycles. The van der Waals surface area contributed by atoms with Crippen molar-refractivity contribution in [2.75, 3.05) is 11.5 Å². The van der Waals surface area contributed by atoms with Crippen molar-refractivity contribution in [1.29, 1.82) is 0 Å². The standard InChI is InChI=1S/2C8H6BrS.C3H6.2ClH.Zr/c2*1-5-2-6-7(9)4-10-8(6)3-5;1-3-2;;;/h2*2H,4H2,1H3;1-2H3;2*1H;/q2*-1;;;;+2/p-2. The van der Waals surface area contributed by atoms with Crippen molar-refractivity contribution in [1.82, 2.24) is 0 Å². The molecule has 0 N–H and O–H groups in total. The van der Waals surface area contributed by atoms with Gasteiger partial charge in [-0.2, -0.15) is 34.4 Å². The van der Waals surface area contributed by atoms with Gasteiger partial charge in [-0.3, -0.25) is 0 Å². The number of hydrogen-bond donors (Lipinski definition) is 0. The monoisotopic (exact) mass is 628 g/mol. The topological polar surface area (TPSA) is 0 Å². The van der Waals surface area contributed by atoms with E-state index in [1.165, 1.54) is 44.3 Å². The van der Waals surface area contributed by atoms with E-state index in [0.717, 1.165) is 11.5 Å². The maximum absolute atomic E-state index is 3.53. The zero-order chi connectivity index (χ0) is 17.9. The Bertz CT molecular complexity index is 698. The van der Waals surface area contributed by atoms with E-state index in [2.05, 4.69) is 83.9 Å². The number of rotatable bonds is 0. The van der Waals surface area contributed by atoms with Crippen LogP contribution in [0.5, 0.6) is 0 Å². The van der Waals surface area contributed by atoms with Gasteiger partial charge in [-0.1, -0.05) is 54.7 Å².